The highest BCUT2D eigenvalue weighted by Crippen LogP contribution is 2.27. The fraction of sp³-hybridized carbons (Fsp3) is 0.611. The van der Waals surface area contributed by atoms with Crippen LogP contribution in [0.25, 0.3) is 0 Å². The molecule has 1 aromatic carbocycles. The van der Waals surface area contributed by atoms with Crippen LogP contribution in [0.5, 0.6) is 0 Å². The van der Waals surface area contributed by atoms with Crippen LogP contribution in [-0.4, -0.2) is 24.5 Å². The summed E-state index contributed by atoms with van der Waals surface area (Å²) in [6.45, 7) is 1.08. The molecule has 2 fully saturated rings. The van der Waals surface area contributed by atoms with Crippen molar-refractivity contribution in [2.75, 3.05) is 6.54 Å². The monoisotopic (exact) mass is 338 g/mol. The van der Waals surface area contributed by atoms with Gasteiger partial charge in [0.25, 0.3) is 5.91 Å². The van der Waals surface area contributed by atoms with Gasteiger partial charge in [0.2, 0.25) is 0 Å². The van der Waals surface area contributed by atoms with Gasteiger partial charge >= 0.3 is 0 Å². The molecule has 23 heavy (non-hydrogen) atoms. The van der Waals surface area contributed by atoms with E-state index in [0.717, 1.165) is 25.3 Å². The van der Waals surface area contributed by atoms with E-state index in [1.165, 1.54) is 50.3 Å². The number of carbonyl (C=O) groups is 1. The van der Waals surface area contributed by atoms with Crippen molar-refractivity contribution in [1.29, 1.82) is 0 Å². The normalized spacial score (nSPS) is 24.4. The molecular weight excluding hydrogens is 315 g/mol. The van der Waals surface area contributed by atoms with Crippen LogP contribution in [0.2, 0.25) is 5.02 Å². The maximum Gasteiger partial charge on any atom is 0.251 e. The minimum absolute atomic E-state index is 0.175. The van der Waals surface area contributed by atoms with Crippen molar-refractivity contribution in [3.8, 4) is 0 Å². The Labute approximate surface area is 142 Å². The molecule has 0 atom stereocenters. The maximum atomic E-state index is 13.3. The predicted octanol–water partition coefficient (Wildman–Crippen LogP) is 3.91. The zero-order chi connectivity index (χ0) is 16.2. The van der Waals surface area contributed by atoms with Crippen LogP contribution in [0, 0.1) is 11.7 Å². The van der Waals surface area contributed by atoms with E-state index in [2.05, 4.69) is 10.6 Å². The third kappa shape index (κ3) is 4.67. The second kappa shape index (κ2) is 7.63. The van der Waals surface area contributed by atoms with Crippen molar-refractivity contribution in [3.05, 3.63) is 34.6 Å². The van der Waals surface area contributed by atoms with Crippen molar-refractivity contribution in [1.82, 2.24) is 10.6 Å². The molecule has 3 nitrogen and oxygen atoms in total. The van der Waals surface area contributed by atoms with Crippen molar-refractivity contribution >= 4 is 17.5 Å². The van der Waals surface area contributed by atoms with Gasteiger partial charge in [-0.25, -0.2) is 4.39 Å². The number of rotatable bonds is 6. The van der Waals surface area contributed by atoms with Gasteiger partial charge in [-0.15, -0.1) is 0 Å². The lowest BCUT2D eigenvalue weighted by Crippen LogP contribution is -2.52. The Morgan fingerprint density at radius 2 is 1.91 bits per heavy atom. The Bertz CT molecular complexity index is 534. The van der Waals surface area contributed by atoms with Gasteiger partial charge in [-0.1, -0.05) is 37.3 Å². The van der Waals surface area contributed by atoms with Crippen molar-refractivity contribution in [2.45, 2.75) is 57.0 Å². The Kier molecular flexibility index (Phi) is 5.54. The number of carbonyl (C=O) groups excluding carboxylic acids is 1. The van der Waals surface area contributed by atoms with E-state index < -0.39 is 5.82 Å². The lowest BCUT2D eigenvalue weighted by atomic mass is 9.86. The third-order valence-electron chi connectivity index (χ3n) is 5.06. The van der Waals surface area contributed by atoms with E-state index >= 15 is 0 Å². The summed E-state index contributed by atoms with van der Waals surface area (Å²) < 4.78 is 13.3. The minimum Gasteiger partial charge on any atom is -0.349 e. The molecule has 0 aromatic heterocycles. The van der Waals surface area contributed by atoms with Crippen LogP contribution in [0.1, 0.15) is 55.3 Å². The molecule has 1 aromatic rings. The van der Waals surface area contributed by atoms with Gasteiger partial charge in [0.1, 0.15) is 5.82 Å². The molecule has 2 saturated carbocycles. The van der Waals surface area contributed by atoms with Gasteiger partial charge in [0, 0.05) is 22.7 Å². The van der Waals surface area contributed by atoms with Gasteiger partial charge in [-0.3, -0.25) is 4.79 Å². The zero-order valence-electron chi connectivity index (χ0n) is 13.3. The molecule has 0 heterocycles. The highest BCUT2D eigenvalue weighted by atomic mass is 35.5. The van der Waals surface area contributed by atoms with Crippen LogP contribution in [0.3, 0.4) is 0 Å². The Balaban J connectivity index is 1.35. The molecule has 1 amide bonds. The van der Waals surface area contributed by atoms with Gasteiger partial charge in [0.15, 0.2) is 0 Å². The summed E-state index contributed by atoms with van der Waals surface area (Å²) in [5.41, 5.74) is 0.285. The van der Waals surface area contributed by atoms with Gasteiger partial charge in [-0.2, -0.15) is 0 Å². The van der Waals surface area contributed by atoms with Crippen LogP contribution in [-0.2, 0) is 0 Å². The molecule has 0 radical (unpaired) electrons. The predicted molar refractivity (Wildman–Crippen MR) is 90.3 cm³/mol. The lowest BCUT2D eigenvalue weighted by molar-refractivity contribution is 0.0902. The molecule has 0 bridgehead atoms. The van der Waals surface area contributed by atoms with Crippen molar-refractivity contribution < 1.29 is 9.18 Å². The molecule has 0 aliphatic heterocycles. The van der Waals surface area contributed by atoms with E-state index in [1.807, 2.05) is 0 Å². The third-order valence-corrected chi connectivity index (χ3v) is 5.28. The van der Waals surface area contributed by atoms with E-state index in [9.17, 15) is 9.18 Å². The second-order valence-corrected chi connectivity index (χ2v) is 7.33. The molecular formula is C18H24ClFN2O. The Morgan fingerprint density at radius 1 is 1.17 bits per heavy atom. The summed E-state index contributed by atoms with van der Waals surface area (Å²) in [5, 5.41) is 6.76. The Morgan fingerprint density at radius 3 is 2.61 bits per heavy atom. The molecule has 2 aliphatic rings. The van der Waals surface area contributed by atoms with Crippen LogP contribution >= 0.6 is 11.6 Å². The number of benzene rings is 1. The number of amides is 1. The summed E-state index contributed by atoms with van der Waals surface area (Å²) in [4.78, 5) is 12.1. The SMILES string of the molecule is O=C(N[C@H]1C[C@H](NCCC2CCCC2)C1)c1cc(F)cc(Cl)c1. The van der Waals surface area contributed by atoms with Gasteiger partial charge in [0.05, 0.1) is 0 Å². The maximum absolute atomic E-state index is 13.3. The summed E-state index contributed by atoms with van der Waals surface area (Å²) in [7, 11) is 0. The van der Waals surface area contributed by atoms with Gasteiger partial charge in [-0.05, 0) is 49.9 Å². The average Bonchev–Trinajstić information content (AvgIpc) is 2.96. The quantitative estimate of drug-likeness (QED) is 0.825. The number of hydrogen-bond acceptors (Lipinski definition) is 2. The van der Waals surface area contributed by atoms with E-state index in [4.69, 9.17) is 11.6 Å². The smallest absolute Gasteiger partial charge is 0.251 e. The van der Waals surface area contributed by atoms with E-state index in [-0.39, 0.29) is 22.5 Å². The first-order valence-corrected chi connectivity index (χ1v) is 8.98. The molecule has 3 rings (SSSR count). The standard InChI is InChI=1S/C18H24ClFN2O/c19-14-7-13(8-15(20)9-14)18(23)22-17-10-16(11-17)21-6-5-12-3-1-2-4-12/h7-9,12,16-17,21H,1-6,10-11H2,(H,22,23)/t16-,17-. The van der Waals surface area contributed by atoms with Crippen molar-refractivity contribution in [2.24, 2.45) is 5.92 Å². The lowest BCUT2D eigenvalue weighted by Gasteiger charge is -2.36. The first kappa shape index (κ1) is 16.7. The first-order valence-electron chi connectivity index (χ1n) is 8.60. The number of nitrogens with one attached hydrogen (secondary N) is 2. The van der Waals surface area contributed by atoms with Crippen LogP contribution in [0.4, 0.5) is 4.39 Å². The fourth-order valence-corrected chi connectivity index (χ4v) is 3.87. The molecule has 2 N–H and O–H groups in total. The van der Waals surface area contributed by atoms with Crippen molar-refractivity contribution in [3.63, 3.8) is 0 Å². The summed E-state index contributed by atoms with van der Waals surface area (Å²) in [6.07, 6.45) is 8.73. The first-order chi connectivity index (χ1) is 11.1. The van der Waals surface area contributed by atoms with Gasteiger partial charge < -0.3 is 10.6 Å². The molecule has 0 spiro atoms. The number of hydrogen-bond donors (Lipinski definition) is 2. The van der Waals surface area contributed by atoms with E-state index in [0.29, 0.717) is 6.04 Å². The molecule has 126 valence electrons. The average molecular weight is 339 g/mol. The second-order valence-electron chi connectivity index (χ2n) is 6.89. The zero-order valence-corrected chi connectivity index (χ0v) is 14.0. The molecule has 0 saturated heterocycles. The molecule has 2 aliphatic carbocycles. The summed E-state index contributed by atoms with van der Waals surface area (Å²) >= 11 is 5.78. The highest BCUT2D eigenvalue weighted by Gasteiger charge is 2.30. The topological polar surface area (TPSA) is 41.1 Å². The van der Waals surface area contributed by atoms with Crippen LogP contribution in [0.15, 0.2) is 18.2 Å². The summed E-state index contributed by atoms with van der Waals surface area (Å²) in [6, 6.07) is 4.59. The minimum atomic E-state index is -0.484. The Hall–Kier alpha value is -1.13. The molecule has 5 heteroatoms. The fourth-order valence-electron chi connectivity index (χ4n) is 3.65. The largest absolute Gasteiger partial charge is 0.349 e. The number of halogens is 2. The molecule has 0 unspecified atom stereocenters. The van der Waals surface area contributed by atoms with Crippen LogP contribution < -0.4 is 10.6 Å². The highest BCUT2D eigenvalue weighted by molar-refractivity contribution is 6.31. The van der Waals surface area contributed by atoms with E-state index in [1.54, 1.807) is 0 Å². The summed E-state index contributed by atoms with van der Waals surface area (Å²) in [5.74, 6) is 0.180.